The van der Waals surface area contributed by atoms with Crippen LogP contribution in [0.1, 0.15) is 51.2 Å². The van der Waals surface area contributed by atoms with Crippen LogP contribution in [0.2, 0.25) is 5.02 Å². The van der Waals surface area contributed by atoms with Crippen molar-refractivity contribution in [1.82, 2.24) is 10.2 Å². The second-order valence-electron chi connectivity index (χ2n) is 8.92. The molecule has 2 aromatic carbocycles. The zero-order chi connectivity index (χ0) is 26.2. The van der Waals surface area contributed by atoms with Gasteiger partial charge in [0.2, 0.25) is 21.8 Å². The standard InChI is InChI=1S/C26H36ClN3O4S/c1-6-20(3)28-26(32)21(4)29(18-22-11-7-10-19(2)16-22)25(31)14-9-15-30(35(5,33)34)24-13-8-12-23(27)17-24/h7-8,10-13,16-17,20-21H,6,9,14-15,18H2,1-5H3,(H,28,32). The molecule has 0 aliphatic heterocycles. The van der Waals surface area contributed by atoms with Gasteiger partial charge in [-0.3, -0.25) is 13.9 Å². The Kier molecular flexibility index (Phi) is 10.6. The maximum Gasteiger partial charge on any atom is 0.242 e. The molecular weight excluding hydrogens is 486 g/mol. The van der Waals surface area contributed by atoms with Crippen LogP contribution >= 0.6 is 11.6 Å². The van der Waals surface area contributed by atoms with Crippen LogP contribution < -0.4 is 9.62 Å². The highest BCUT2D eigenvalue weighted by molar-refractivity contribution is 7.92. The van der Waals surface area contributed by atoms with Crippen molar-refractivity contribution in [2.45, 2.75) is 65.6 Å². The number of nitrogens with zero attached hydrogens (tertiary/aromatic N) is 2. The van der Waals surface area contributed by atoms with Crippen LogP contribution in [0.4, 0.5) is 5.69 Å². The third kappa shape index (κ3) is 8.85. The molecule has 0 saturated carbocycles. The number of rotatable bonds is 12. The Labute approximate surface area is 214 Å². The molecule has 0 aliphatic rings. The fourth-order valence-electron chi connectivity index (χ4n) is 3.69. The Morgan fingerprint density at radius 2 is 1.77 bits per heavy atom. The normalized spacial score (nSPS) is 13.1. The molecule has 0 heterocycles. The fraction of sp³-hybridized carbons (Fsp3) is 0.462. The van der Waals surface area contributed by atoms with Gasteiger partial charge in [0.1, 0.15) is 6.04 Å². The van der Waals surface area contributed by atoms with Crippen molar-refractivity contribution >= 4 is 39.1 Å². The number of carbonyl (C=O) groups is 2. The summed E-state index contributed by atoms with van der Waals surface area (Å²) in [5.41, 5.74) is 2.44. The molecule has 2 aromatic rings. The van der Waals surface area contributed by atoms with E-state index in [1.807, 2.05) is 45.0 Å². The van der Waals surface area contributed by atoms with Gasteiger partial charge >= 0.3 is 0 Å². The van der Waals surface area contributed by atoms with Crippen molar-refractivity contribution in [2.75, 3.05) is 17.1 Å². The van der Waals surface area contributed by atoms with Crippen LogP contribution in [-0.4, -0.2) is 50.0 Å². The Balaban J connectivity index is 2.17. The molecule has 0 fully saturated rings. The number of hydrogen-bond donors (Lipinski definition) is 1. The van der Waals surface area contributed by atoms with Gasteiger partial charge in [0.15, 0.2) is 0 Å². The largest absolute Gasteiger partial charge is 0.352 e. The first-order valence-corrected chi connectivity index (χ1v) is 14.0. The first-order chi connectivity index (χ1) is 16.4. The number of sulfonamides is 1. The Morgan fingerprint density at radius 1 is 1.09 bits per heavy atom. The first kappa shape index (κ1) is 28.7. The monoisotopic (exact) mass is 521 g/mol. The Bertz CT molecular complexity index is 1120. The molecule has 192 valence electrons. The molecule has 0 spiro atoms. The van der Waals surface area contributed by atoms with Crippen molar-refractivity contribution in [3.63, 3.8) is 0 Å². The molecule has 7 nitrogen and oxygen atoms in total. The molecule has 1 N–H and O–H groups in total. The molecule has 0 saturated heterocycles. The minimum Gasteiger partial charge on any atom is -0.352 e. The number of halogens is 1. The average molecular weight is 522 g/mol. The van der Waals surface area contributed by atoms with Crippen LogP contribution in [0, 0.1) is 6.92 Å². The summed E-state index contributed by atoms with van der Waals surface area (Å²) in [5, 5.41) is 3.38. The lowest BCUT2D eigenvalue weighted by molar-refractivity contribution is -0.140. The summed E-state index contributed by atoms with van der Waals surface area (Å²) in [6, 6.07) is 13.7. The SMILES string of the molecule is CCC(C)NC(=O)C(C)N(Cc1cccc(C)c1)C(=O)CCCN(c1cccc(Cl)c1)S(C)(=O)=O. The zero-order valence-electron chi connectivity index (χ0n) is 21.1. The maximum absolute atomic E-state index is 13.3. The molecule has 0 aliphatic carbocycles. The number of hydrogen-bond acceptors (Lipinski definition) is 4. The number of carbonyl (C=O) groups excluding carboxylic acids is 2. The minimum atomic E-state index is -3.57. The zero-order valence-corrected chi connectivity index (χ0v) is 22.7. The molecule has 2 amide bonds. The number of nitrogens with one attached hydrogen (secondary N) is 1. The van der Waals surface area contributed by atoms with Crippen molar-refractivity contribution in [2.24, 2.45) is 0 Å². The van der Waals surface area contributed by atoms with E-state index in [0.717, 1.165) is 23.8 Å². The van der Waals surface area contributed by atoms with E-state index in [4.69, 9.17) is 11.6 Å². The smallest absolute Gasteiger partial charge is 0.242 e. The molecule has 0 bridgehead atoms. The molecule has 2 atom stereocenters. The summed E-state index contributed by atoms with van der Waals surface area (Å²) in [5.74, 6) is -0.421. The van der Waals surface area contributed by atoms with Gasteiger partial charge in [-0.05, 0) is 57.4 Å². The van der Waals surface area contributed by atoms with Gasteiger partial charge in [-0.1, -0.05) is 54.4 Å². The highest BCUT2D eigenvalue weighted by atomic mass is 35.5. The number of anilines is 1. The van der Waals surface area contributed by atoms with Crippen LogP contribution in [0.15, 0.2) is 48.5 Å². The van der Waals surface area contributed by atoms with E-state index in [2.05, 4.69) is 5.32 Å². The number of amides is 2. The van der Waals surface area contributed by atoms with E-state index in [9.17, 15) is 18.0 Å². The summed E-state index contributed by atoms with van der Waals surface area (Å²) in [6.07, 6.45) is 2.30. The molecular formula is C26H36ClN3O4S. The molecule has 2 rings (SSSR count). The van der Waals surface area contributed by atoms with Crippen molar-refractivity contribution in [1.29, 1.82) is 0 Å². The van der Waals surface area contributed by atoms with Gasteiger partial charge in [0.25, 0.3) is 0 Å². The Morgan fingerprint density at radius 3 is 2.37 bits per heavy atom. The highest BCUT2D eigenvalue weighted by Crippen LogP contribution is 2.22. The maximum atomic E-state index is 13.3. The van der Waals surface area contributed by atoms with Gasteiger partial charge in [0.05, 0.1) is 11.9 Å². The van der Waals surface area contributed by atoms with Gasteiger partial charge < -0.3 is 10.2 Å². The van der Waals surface area contributed by atoms with Crippen LogP contribution in [0.3, 0.4) is 0 Å². The van der Waals surface area contributed by atoms with Gasteiger partial charge in [-0.25, -0.2) is 8.42 Å². The predicted octanol–water partition coefficient (Wildman–Crippen LogP) is 4.53. The number of aryl methyl sites for hydroxylation is 1. The van der Waals surface area contributed by atoms with E-state index < -0.39 is 16.1 Å². The lowest BCUT2D eigenvalue weighted by atomic mass is 10.1. The lowest BCUT2D eigenvalue weighted by Gasteiger charge is -2.30. The van der Waals surface area contributed by atoms with E-state index in [1.54, 1.807) is 36.1 Å². The van der Waals surface area contributed by atoms with Crippen molar-refractivity contribution < 1.29 is 18.0 Å². The summed E-state index contributed by atoms with van der Waals surface area (Å²) < 4.78 is 26.0. The topological polar surface area (TPSA) is 86.8 Å². The average Bonchev–Trinajstić information content (AvgIpc) is 2.78. The van der Waals surface area contributed by atoms with E-state index in [0.29, 0.717) is 23.7 Å². The summed E-state index contributed by atoms with van der Waals surface area (Å²) in [4.78, 5) is 27.7. The van der Waals surface area contributed by atoms with E-state index in [1.165, 1.54) is 4.31 Å². The van der Waals surface area contributed by atoms with Crippen LogP contribution in [0.25, 0.3) is 0 Å². The second-order valence-corrected chi connectivity index (χ2v) is 11.3. The van der Waals surface area contributed by atoms with Gasteiger partial charge in [0, 0.05) is 30.6 Å². The molecule has 9 heteroatoms. The molecule has 2 unspecified atom stereocenters. The third-order valence-corrected chi connectivity index (χ3v) is 7.28. The second kappa shape index (κ2) is 12.9. The lowest BCUT2D eigenvalue weighted by Crippen LogP contribution is -2.49. The molecule has 0 aromatic heterocycles. The Hall–Kier alpha value is -2.58. The fourth-order valence-corrected chi connectivity index (χ4v) is 4.83. The summed E-state index contributed by atoms with van der Waals surface area (Å²) in [6.45, 7) is 8.02. The third-order valence-electron chi connectivity index (χ3n) is 5.85. The van der Waals surface area contributed by atoms with Crippen LogP contribution in [-0.2, 0) is 26.2 Å². The predicted molar refractivity (Wildman–Crippen MR) is 142 cm³/mol. The van der Waals surface area contributed by atoms with Crippen molar-refractivity contribution in [3.8, 4) is 0 Å². The van der Waals surface area contributed by atoms with E-state index in [-0.39, 0.29) is 30.8 Å². The first-order valence-electron chi connectivity index (χ1n) is 11.8. The van der Waals surface area contributed by atoms with Crippen LogP contribution in [0.5, 0.6) is 0 Å². The molecule has 0 radical (unpaired) electrons. The van der Waals surface area contributed by atoms with Gasteiger partial charge in [-0.15, -0.1) is 0 Å². The highest BCUT2D eigenvalue weighted by Gasteiger charge is 2.27. The molecule has 35 heavy (non-hydrogen) atoms. The number of benzene rings is 2. The van der Waals surface area contributed by atoms with Crippen molar-refractivity contribution in [3.05, 3.63) is 64.7 Å². The summed E-state index contributed by atoms with van der Waals surface area (Å²) >= 11 is 6.04. The van der Waals surface area contributed by atoms with Gasteiger partial charge in [-0.2, -0.15) is 0 Å². The quantitative estimate of drug-likeness (QED) is 0.444. The van der Waals surface area contributed by atoms with E-state index >= 15 is 0 Å². The minimum absolute atomic E-state index is 0.00175. The summed E-state index contributed by atoms with van der Waals surface area (Å²) in [7, 11) is -3.57.